The van der Waals surface area contributed by atoms with E-state index in [1.807, 2.05) is 0 Å². The molecule has 0 atom stereocenters. The number of rotatable bonds is 1. The molecular formula is C6H7ClN4O. The largest absolute Gasteiger partial charge is 0.383 e. The lowest BCUT2D eigenvalue weighted by Gasteiger charge is -2.00. The molecule has 0 aromatic carbocycles. The summed E-state index contributed by atoms with van der Waals surface area (Å²) in [6.45, 7) is 1.45. The van der Waals surface area contributed by atoms with Crippen LogP contribution in [0.4, 0.5) is 5.82 Å². The van der Waals surface area contributed by atoms with Crippen molar-refractivity contribution in [3.05, 3.63) is 21.2 Å². The van der Waals surface area contributed by atoms with Crippen LogP contribution in [0.3, 0.4) is 0 Å². The van der Waals surface area contributed by atoms with E-state index in [9.17, 15) is 4.79 Å². The molecule has 0 bridgehead atoms. The van der Waals surface area contributed by atoms with Gasteiger partial charge in [-0.3, -0.25) is 9.78 Å². The van der Waals surface area contributed by atoms with E-state index in [-0.39, 0.29) is 22.4 Å². The van der Waals surface area contributed by atoms with Crippen molar-refractivity contribution >= 4 is 23.1 Å². The van der Waals surface area contributed by atoms with Gasteiger partial charge in [-0.25, -0.2) is 4.98 Å². The summed E-state index contributed by atoms with van der Waals surface area (Å²) in [6, 6.07) is 0. The van der Waals surface area contributed by atoms with Gasteiger partial charge in [0, 0.05) is 5.71 Å². The van der Waals surface area contributed by atoms with Crippen LogP contribution >= 0.6 is 11.6 Å². The maximum absolute atomic E-state index is 11.1. The second kappa shape index (κ2) is 2.94. The molecule has 0 aliphatic rings. The van der Waals surface area contributed by atoms with Crippen LogP contribution in [0.2, 0.25) is 5.28 Å². The monoisotopic (exact) mass is 186 g/mol. The number of aromatic amines is 1. The number of hydrogen-bond acceptors (Lipinski definition) is 4. The number of nitrogens with two attached hydrogens (primary N) is 1. The summed E-state index contributed by atoms with van der Waals surface area (Å²) in [4.78, 5) is 16.9. The van der Waals surface area contributed by atoms with Crippen molar-refractivity contribution in [2.75, 3.05) is 5.73 Å². The molecule has 0 spiro atoms. The fourth-order valence-electron chi connectivity index (χ4n) is 0.825. The van der Waals surface area contributed by atoms with E-state index >= 15 is 0 Å². The van der Waals surface area contributed by atoms with Gasteiger partial charge in [0.2, 0.25) is 5.28 Å². The van der Waals surface area contributed by atoms with Crippen molar-refractivity contribution in [3.63, 3.8) is 0 Å². The van der Waals surface area contributed by atoms with Crippen LogP contribution < -0.4 is 11.3 Å². The Balaban J connectivity index is 3.49. The van der Waals surface area contributed by atoms with Crippen molar-refractivity contribution in [1.82, 2.24) is 9.97 Å². The average Bonchev–Trinajstić information content (AvgIpc) is 1.82. The fraction of sp³-hybridized carbons (Fsp3) is 0.167. The number of aromatic nitrogens is 2. The SMILES string of the molecule is CC(=N)c1c(N)nc(Cl)[nH]c1=O. The van der Waals surface area contributed by atoms with E-state index in [4.69, 9.17) is 22.7 Å². The maximum atomic E-state index is 11.1. The molecule has 1 heterocycles. The number of halogens is 1. The number of H-pyrrole nitrogens is 1. The standard InChI is InChI=1S/C6H7ClN4O/c1-2(8)3-4(9)10-6(7)11-5(3)12/h8H,1H3,(H3,9,10,11,12). The highest BCUT2D eigenvalue weighted by atomic mass is 35.5. The summed E-state index contributed by atoms with van der Waals surface area (Å²) in [6.07, 6.45) is 0. The van der Waals surface area contributed by atoms with Crippen molar-refractivity contribution in [2.45, 2.75) is 6.92 Å². The molecule has 0 saturated carbocycles. The van der Waals surface area contributed by atoms with Crippen LogP contribution in [0, 0.1) is 5.41 Å². The number of nitrogens with zero attached hydrogens (tertiary/aromatic N) is 1. The lowest BCUT2D eigenvalue weighted by atomic mass is 10.2. The number of nitrogens with one attached hydrogen (secondary N) is 2. The van der Waals surface area contributed by atoms with Gasteiger partial charge in [0.15, 0.2) is 0 Å². The van der Waals surface area contributed by atoms with Gasteiger partial charge in [-0.05, 0) is 18.5 Å². The quantitative estimate of drug-likeness (QED) is 0.437. The van der Waals surface area contributed by atoms with Gasteiger partial charge in [-0.15, -0.1) is 0 Å². The van der Waals surface area contributed by atoms with Gasteiger partial charge in [0.25, 0.3) is 5.56 Å². The van der Waals surface area contributed by atoms with E-state index in [0.29, 0.717) is 0 Å². The second-order valence-corrected chi connectivity index (χ2v) is 2.60. The van der Waals surface area contributed by atoms with Gasteiger partial charge < -0.3 is 11.1 Å². The Morgan fingerprint density at radius 3 is 2.75 bits per heavy atom. The van der Waals surface area contributed by atoms with Gasteiger partial charge in [-0.2, -0.15) is 0 Å². The van der Waals surface area contributed by atoms with Crippen LogP contribution in [-0.4, -0.2) is 15.7 Å². The lowest BCUT2D eigenvalue weighted by molar-refractivity contribution is 1.11. The maximum Gasteiger partial charge on any atom is 0.263 e. The van der Waals surface area contributed by atoms with Crippen LogP contribution in [0.5, 0.6) is 0 Å². The van der Waals surface area contributed by atoms with E-state index in [1.165, 1.54) is 6.92 Å². The molecule has 1 aromatic rings. The first-order valence-corrected chi connectivity index (χ1v) is 3.51. The van der Waals surface area contributed by atoms with Crippen molar-refractivity contribution in [3.8, 4) is 0 Å². The summed E-state index contributed by atoms with van der Waals surface area (Å²) in [5.74, 6) is -0.0174. The van der Waals surface area contributed by atoms with Gasteiger partial charge >= 0.3 is 0 Å². The number of anilines is 1. The highest BCUT2D eigenvalue weighted by Gasteiger charge is 2.08. The van der Waals surface area contributed by atoms with E-state index in [1.54, 1.807) is 0 Å². The molecule has 0 aliphatic carbocycles. The van der Waals surface area contributed by atoms with Crippen molar-refractivity contribution in [1.29, 1.82) is 5.41 Å². The highest BCUT2D eigenvalue weighted by molar-refractivity contribution is 6.28. The molecule has 1 aromatic heterocycles. The smallest absolute Gasteiger partial charge is 0.263 e. The average molecular weight is 187 g/mol. The molecule has 6 heteroatoms. The number of hydrogen-bond donors (Lipinski definition) is 3. The minimum absolute atomic E-state index is 0.0174. The summed E-state index contributed by atoms with van der Waals surface area (Å²) in [5.41, 5.74) is 5.02. The molecule has 0 saturated heterocycles. The molecule has 12 heavy (non-hydrogen) atoms. The third kappa shape index (κ3) is 1.45. The first-order valence-electron chi connectivity index (χ1n) is 3.13. The molecule has 64 valence electrons. The molecule has 0 aliphatic heterocycles. The zero-order valence-electron chi connectivity index (χ0n) is 6.31. The predicted octanol–water partition coefficient (Wildman–Crippen LogP) is 0.393. The Labute approximate surface area is 73.1 Å². The second-order valence-electron chi connectivity index (χ2n) is 2.24. The zero-order chi connectivity index (χ0) is 9.30. The molecule has 0 unspecified atom stereocenters. The molecule has 1 rings (SSSR count). The third-order valence-corrected chi connectivity index (χ3v) is 1.47. The van der Waals surface area contributed by atoms with Crippen molar-refractivity contribution in [2.24, 2.45) is 0 Å². The minimum atomic E-state index is -0.486. The van der Waals surface area contributed by atoms with Crippen molar-refractivity contribution < 1.29 is 0 Å². The fourth-order valence-corrected chi connectivity index (χ4v) is 1.00. The minimum Gasteiger partial charge on any atom is -0.383 e. The van der Waals surface area contributed by atoms with Gasteiger partial charge in [-0.1, -0.05) is 0 Å². The molecule has 0 radical (unpaired) electrons. The Morgan fingerprint density at radius 2 is 2.33 bits per heavy atom. The zero-order valence-corrected chi connectivity index (χ0v) is 7.07. The normalized spacial score (nSPS) is 9.83. The topological polar surface area (TPSA) is 95.6 Å². The predicted molar refractivity (Wildman–Crippen MR) is 46.8 cm³/mol. The first kappa shape index (κ1) is 8.73. The molecule has 4 N–H and O–H groups in total. The summed E-state index contributed by atoms with van der Waals surface area (Å²) >= 11 is 5.41. The Bertz CT molecular complexity index is 384. The number of nitrogen functional groups attached to an aromatic ring is 1. The molecule has 0 fully saturated rings. The summed E-state index contributed by atoms with van der Waals surface area (Å²) in [5, 5.41) is 7.14. The van der Waals surface area contributed by atoms with Crippen LogP contribution in [0.1, 0.15) is 12.5 Å². The highest BCUT2D eigenvalue weighted by Crippen LogP contribution is 2.05. The van der Waals surface area contributed by atoms with E-state index < -0.39 is 5.56 Å². The third-order valence-electron chi connectivity index (χ3n) is 1.29. The summed E-state index contributed by atoms with van der Waals surface area (Å²) < 4.78 is 0. The summed E-state index contributed by atoms with van der Waals surface area (Å²) in [7, 11) is 0. The van der Waals surface area contributed by atoms with E-state index in [0.717, 1.165) is 0 Å². The Hall–Kier alpha value is -1.36. The van der Waals surface area contributed by atoms with Crippen LogP contribution in [-0.2, 0) is 0 Å². The Morgan fingerprint density at radius 1 is 1.75 bits per heavy atom. The molecular weight excluding hydrogens is 180 g/mol. The van der Waals surface area contributed by atoms with Crippen LogP contribution in [0.25, 0.3) is 0 Å². The lowest BCUT2D eigenvalue weighted by Crippen LogP contribution is -2.20. The Kier molecular flexibility index (Phi) is 2.14. The molecule has 0 amide bonds. The van der Waals surface area contributed by atoms with Gasteiger partial charge in [0.05, 0.1) is 0 Å². The molecule has 5 nitrogen and oxygen atoms in total. The van der Waals surface area contributed by atoms with Gasteiger partial charge in [0.1, 0.15) is 11.4 Å². The van der Waals surface area contributed by atoms with Crippen LogP contribution in [0.15, 0.2) is 4.79 Å². The first-order chi connectivity index (χ1) is 5.52. The van der Waals surface area contributed by atoms with E-state index in [2.05, 4.69) is 9.97 Å².